The van der Waals surface area contributed by atoms with Crippen LogP contribution < -0.4 is 0 Å². The summed E-state index contributed by atoms with van der Waals surface area (Å²) >= 11 is 3.41. The van der Waals surface area contributed by atoms with Crippen molar-refractivity contribution in [2.24, 2.45) is 10.4 Å². The summed E-state index contributed by atoms with van der Waals surface area (Å²) in [6.45, 7) is 7.37. The summed E-state index contributed by atoms with van der Waals surface area (Å²) in [5.41, 5.74) is 1.23. The second kappa shape index (κ2) is 6.98. The van der Waals surface area contributed by atoms with Gasteiger partial charge in [-0.25, -0.2) is 9.79 Å². The van der Waals surface area contributed by atoms with E-state index < -0.39 is 11.4 Å². The van der Waals surface area contributed by atoms with Crippen LogP contribution in [-0.4, -0.2) is 24.6 Å². The van der Waals surface area contributed by atoms with E-state index in [2.05, 4.69) is 20.9 Å². The van der Waals surface area contributed by atoms with Crippen molar-refractivity contribution in [3.8, 4) is 0 Å². The summed E-state index contributed by atoms with van der Waals surface area (Å²) in [6.07, 6.45) is -0.0364. The second-order valence-corrected chi connectivity index (χ2v) is 6.69. The lowest BCUT2D eigenvalue weighted by Crippen LogP contribution is -2.27. The molecule has 0 aliphatic rings. The number of nitrogens with zero attached hydrogens (tertiary/aromatic N) is 1. The van der Waals surface area contributed by atoms with Gasteiger partial charge in [0.05, 0.1) is 19.2 Å². The molecule has 0 saturated heterocycles. The average Bonchev–Trinajstić information content (AvgIpc) is 2.40. The number of benzene rings is 1. The first-order valence-electron chi connectivity index (χ1n) is 6.60. The van der Waals surface area contributed by atoms with Crippen molar-refractivity contribution in [2.45, 2.75) is 34.1 Å². The van der Waals surface area contributed by atoms with Crippen molar-refractivity contribution in [3.63, 3.8) is 0 Å². The lowest BCUT2D eigenvalue weighted by Gasteiger charge is -2.16. The fraction of sp³-hybridized carbons (Fsp3) is 0.438. The standard InChI is InChI=1S/C16H20BrNO3/c1-10-8-11(6-7-12(10)17)18-13(15(20)21-5)9-14(19)16(2,3)4/h6-8H,9H2,1-5H3. The Labute approximate surface area is 133 Å². The number of carbonyl (C=O) groups excluding carboxylic acids is 2. The van der Waals surface area contributed by atoms with Gasteiger partial charge in [0.25, 0.3) is 0 Å². The lowest BCUT2D eigenvalue weighted by atomic mass is 9.88. The van der Waals surface area contributed by atoms with Gasteiger partial charge < -0.3 is 4.74 Å². The highest BCUT2D eigenvalue weighted by molar-refractivity contribution is 9.10. The van der Waals surface area contributed by atoms with Gasteiger partial charge in [-0.1, -0.05) is 36.7 Å². The number of ether oxygens (including phenoxy) is 1. The number of methoxy groups -OCH3 is 1. The van der Waals surface area contributed by atoms with Gasteiger partial charge in [0.2, 0.25) is 0 Å². The van der Waals surface area contributed by atoms with Crippen molar-refractivity contribution >= 4 is 39.1 Å². The van der Waals surface area contributed by atoms with Crippen molar-refractivity contribution < 1.29 is 14.3 Å². The Balaban J connectivity index is 3.13. The molecule has 0 aliphatic carbocycles. The molecule has 0 saturated carbocycles. The molecule has 5 heteroatoms. The molecule has 0 heterocycles. The summed E-state index contributed by atoms with van der Waals surface area (Å²) in [7, 11) is 1.28. The van der Waals surface area contributed by atoms with E-state index in [1.54, 1.807) is 6.07 Å². The highest BCUT2D eigenvalue weighted by Crippen LogP contribution is 2.23. The number of hydrogen-bond acceptors (Lipinski definition) is 4. The molecule has 0 aliphatic heterocycles. The molecule has 114 valence electrons. The maximum absolute atomic E-state index is 12.1. The van der Waals surface area contributed by atoms with Gasteiger partial charge in [-0.15, -0.1) is 0 Å². The van der Waals surface area contributed by atoms with E-state index in [1.807, 2.05) is 39.8 Å². The van der Waals surface area contributed by atoms with Gasteiger partial charge in [0.15, 0.2) is 0 Å². The molecular weight excluding hydrogens is 334 g/mol. The molecule has 1 aromatic rings. The maximum atomic E-state index is 12.1. The highest BCUT2D eigenvalue weighted by atomic mass is 79.9. The average molecular weight is 354 g/mol. The number of hydrogen-bond donors (Lipinski definition) is 0. The fourth-order valence-electron chi connectivity index (χ4n) is 1.55. The van der Waals surface area contributed by atoms with E-state index >= 15 is 0 Å². The topological polar surface area (TPSA) is 55.7 Å². The summed E-state index contributed by atoms with van der Waals surface area (Å²) in [5, 5.41) is 0. The molecule has 0 fully saturated rings. The lowest BCUT2D eigenvalue weighted by molar-refractivity contribution is -0.134. The second-order valence-electron chi connectivity index (χ2n) is 5.83. The predicted octanol–water partition coefficient (Wildman–Crippen LogP) is 4.01. The molecule has 0 bridgehead atoms. The molecule has 0 spiro atoms. The minimum atomic E-state index is -0.576. The van der Waals surface area contributed by atoms with Gasteiger partial charge in [-0.3, -0.25) is 4.79 Å². The van der Waals surface area contributed by atoms with Gasteiger partial charge in [0.1, 0.15) is 11.5 Å². The van der Waals surface area contributed by atoms with Crippen LogP contribution in [-0.2, 0) is 14.3 Å². The van der Waals surface area contributed by atoms with Crippen LogP contribution in [0.25, 0.3) is 0 Å². The fourth-order valence-corrected chi connectivity index (χ4v) is 1.79. The van der Waals surface area contributed by atoms with E-state index in [-0.39, 0.29) is 17.9 Å². The first-order valence-corrected chi connectivity index (χ1v) is 7.39. The zero-order valence-corrected chi connectivity index (χ0v) is 14.6. The van der Waals surface area contributed by atoms with Crippen molar-refractivity contribution in [1.29, 1.82) is 0 Å². The zero-order chi connectivity index (χ0) is 16.2. The van der Waals surface area contributed by atoms with Crippen LogP contribution in [0.1, 0.15) is 32.8 Å². The Morgan fingerprint density at radius 3 is 2.38 bits per heavy atom. The van der Waals surface area contributed by atoms with E-state index in [1.165, 1.54) is 7.11 Å². The summed E-state index contributed by atoms with van der Waals surface area (Å²) in [4.78, 5) is 28.2. The number of halogens is 1. The summed E-state index contributed by atoms with van der Waals surface area (Å²) < 4.78 is 5.69. The monoisotopic (exact) mass is 353 g/mol. The van der Waals surface area contributed by atoms with Crippen LogP contribution >= 0.6 is 15.9 Å². The van der Waals surface area contributed by atoms with E-state index in [9.17, 15) is 9.59 Å². The molecule has 1 aromatic carbocycles. The van der Waals surface area contributed by atoms with E-state index in [0.29, 0.717) is 5.69 Å². The van der Waals surface area contributed by atoms with E-state index in [0.717, 1.165) is 10.0 Å². The number of Topliss-reactive ketones (excluding diaryl/α,β-unsaturated/α-hetero) is 1. The largest absolute Gasteiger partial charge is 0.465 e. The molecule has 1 rings (SSSR count). The van der Waals surface area contributed by atoms with Crippen molar-refractivity contribution in [2.75, 3.05) is 7.11 Å². The normalized spacial score (nSPS) is 12.2. The summed E-state index contributed by atoms with van der Waals surface area (Å²) in [5.74, 6) is -0.631. The maximum Gasteiger partial charge on any atom is 0.352 e. The number of ketones is 1. The Bertz CT molecular complexity index is 586. The van der Waals surface area contributed by atoms with Gasteiger partial charge >= 0.3 is 5.97 Å². The number of aliphatic imine (C=N–C) groups is 1. The Morgan fingerprint density at radius 1 is 1.29 bits per heavy atom. The Hall–Kier alpha value is -1.49. The third-order valence-corrected chi connectivity index (χ3v) is 3.88. The van der Waals surface area contributed by atoms with Gasteiger partial charge in [0, 0.05) is 9.89 Å². The minimum Gasteiger partial charge on any atom is -0.465 e. The smallest absolute Gasteiger partial charge is 0.352 e. The third-order valence-electron chi connectivity index (χ3n) is 2.99. The van der Waals surface area contributed by atoms with E-state index in [4.69, 9.17) is 4.74 Å². The Kier molecular flexibility index (Phi) is 5.84. The first-order chi connectivity index (χ1) is 9.65. The van der Waals surface area contributed by atoms with Crippen LogP contribution in [0.2, 0.25) is 0 Å². The number of rotatable bonds is 4. The molecular formula is C16H20BrNO3. The molecule has 21 heavy (non-hydrogen) atoms. The molecule has 0 amide bonds. The molecule has 0 unspecified atom stereocenters. The van der Waals surface area contributed by atoms with Crippen molar-refractivity contribution in [3.05, 3.63) is 28.2 Å². The number of carbonyl (C=O) groups is 2. The quantitative estimate of drug-likeness (QED) is 0.606. The van der Waals surface area contributed by atoms with Crippen molar-refractivity contribution in [1.82, 2.24) is 0 Å². The molecule has 4 nitrogen and oxygen atoms in total. The zero-order valence-electron chi connectivity index (χ0n) is 13.0. The third kappa shape index (κ3) is 5.08. The first kappa shape index (κ1) is 17.6. The van der Waals surface area contributed by atoms with Crippen LogP contribution in [0.3, 0.4) is 0 Å². The number of esters is 1. The van der Waals surface area contributed by atoms with Crippen LogP contribution in [0.4, 0.5) is 5.69 Å². The molecule has 0 N–H and O–H groups in total. The predicted molar refractivity (Wildman–Crippen MR) is 87.1 cm³/mol. The van der Waals surface area contributed by atoms with Crippen LogP contribution in [0.15, 0.2) is 27.7 Å². The molecule has 0 radical (unpaired) electrons. The highest BCUT2D eigenvalue weighted by Gasteiger charge is 2.25. The van der Waals surface area contributed by atoms with Gasteiger partial charge in [-0.2, -0.15) is 0 Å². The summed E-state index contributed by atoms with van der Waals surface area (Å²) in [6, 6.07) is 5.48. The van der Waals surface area contributed by atoms with Crippen LogP contribution in [0.5, 0.6) is 0 Å². The SMILES string of the molecule is COC(=O)C(CC(=O)C(C)(C)C)=Nc1ccc(Br)c(C)c1. The van der Waals surface area contributed by atoms with Crippen LogP contribution in [0, 0.1) is 12.3 Å². The number of aryl methyl sites for hydroxylation is 1. The molecule has 0 atom stereocenters. The Morgan fingerprint density at radius 2 is 1.90 bits per heavy atom. The molecule has 0 aromatic heterocycles. The minimum absolute atomic E-state index is 0.0364. The van der Waals surface area contributed by atoms with Gasteiger partial charge in [-0.05, 0) is 30.7 Å².